The maximum Gasteiger partial charge on any atom is 0.472 e. The Morgan fingerprint density at radius 1 is 0.261 bits per heavy atom. The number of hydrogen-bond acceptors (Lipinski definition) is 14. The Morgan fingerprint density at radius 2 is 0.477 bits per heavy atom. The lowest BCUT2D eigenvalue weighted by molar-refractivity contribution is -0.161. The molecule has 18 heteroatoms. The average molecular weight is 1600 g/mol. The van der Waals surface area contributed by atoms with Gasteiger partial charge in [0.25, 0.3) is 0 Å². The molecule has 4 N–H and O–H groups in total. The van der Waals surface area contributed by atoms with Crippen molar-refractivity contribution >= 4 is 33.6 Å². The van der Waals surface area contributed by atoms with Gasteiger partial charge >= 0.3 is 33.6 Å². The number of aliphatic hydroxyl groups excluding tert-OH is 2. The van der Waals surface area contributed by atoms with Crippen molar-refractivity contribution in [1.29, 1.82) is 0 Å². The van der Waals surface area contributed by atoms with Gasteiger partial charge in [-0.3, -0.25) is 32.5 Å². The van der Waals surface area contributed by atoms with Gasteiger partial charge in [-0.2, -0.15) is 0 Å². The topological polar surface area (TPSA) is 231 Å². The molecule has 0 aliphatic heterocycles. The highest BCUT2D eigenvalue weighted by atomic mass is 31.2. The van der Waals surface area contributed by atoms with Crippen LogP contribution in [-0.2, 0) is 55.8 Å². The number of ether oxygens (including phenoxy) is 3. The third-order valence-corrected chi connectivity index (χ3v) is 21.0. The van der Waals surface area contributed by atoms with Crippen molar-refractivity contribution in [1.82, 2.24) is 0 Å². The van der Waals surface area contributed by atoms with Crippen LogP contribution < -0.4 is 0 Å². The lowest BCUT2D eigenvalue weighted by Crippen LogP contribution is -2.30. The van der Waals surface area contributed by atoms with Crippen LogP contribution in [0.2, 0.25) is 0 Å². The maximum atomic E-state index is 13.0. The predicted molar refractivity (Wildman–Crippen MR) is 463 cm³/mol. The molecular weight excluding hydrogens is 1430 g/mol. The zero-order valence-corrected chi connectivity index (χ0v) is 72.4. The Kier molecular flexibility index (Phi) is 82.2. The zero-order valence-electron chi connectivity index (χ0n) is 70.6. The van der Waals surface area contributed by atoms with Gasteiger partial charge in [-0.15, -0.1) is 0 Å². The summed E-state index contributed by atoms with van der Waals surface area (Å²) >= 11 is 0. The molecule has 5 atom stereocenters. The normalized spacial score (nSPS) is 14.4. The largest absolute Gasteiger partial charge is 0.472 e. The van der Waals surface area contributed by atoms with Gasteiger partial charge in [0.15, 0.2) is 6.10 Å². The monoisotopic (exact) mass is 1600 g/mol. The zero-order chi connectivity index (χ0) is 80.8. The molecule has 0 saturated carbocycles. The van der Waals surface area contributed by atoms with Crippen LogP contribution >= 0.6 is 15.6 Å². The van der Waals surface area contributed by atoms with Gasteiger partial charge in [0.2, 0.25) is 0 Å². The number of aliphatic hydroxyl groups is 2. The smallest absolute Gasteiger partial charge is 0.463 e. The lowest BCUT2D eigenvalue weighted by Gasteiger charge is -2.21. The van der Waals surface area contributed by atoms with Gasteiger partial charge in [-0.05, 0) is 135 Å². The second-order valence-corrected chi connectivity index (χ2v) is 32.9. The predicted octanol–water partition coefficient (Wildman–Crippen LogP) is 27.2. The second kappa shape index (κ2) is 85.3. The minimum atomic E-state index is -4.93. The summed E-state index contributed by atoms with van der Waals surface area (Å²) in [4.78, 5) is 58.8. The van der Waals surface area contributed by atoms with Crippen molar-refractivity contribution in [2.24, 2.45) is 0 Å². The van der Waals surface area contributed by atoms with Crippen LogP contribution in [0.3, 0.4) is 0 Å². The minimum Gasteiger partial charge on any atom is -0.463 e. The van der Waals surface area contributed by atoms with E-state index in [1.54, 1.807) is 0 Å². The molecule has 642 valence electrons. The molecule has 0 aromatic rings. The van der Waals surface area contributed by atoms with E-state index in [1.807, 2.05) is 0 Å². The fourth-order valence-electron chi connectivity index (χ4n) is 12.3. The molecule has 0 rings (SSSR count). The van der Waals surface area contributed by atoms with E-state index in [9.17, 15) is 43.5 Å². The molecule has 5 unspecified atom stereocenters. The minimum absolute atomic E-state index is 0.0945. The molecule has 0 bridgehead atoms. The number of phosphoric acid groups is 2. The molecular formula is C93H164O16P2. The van der Waals surface area contributed by atoms with Crippen LogP contribution in [0.25, 0.3) is 0 Å². The average Bonchev–Trinajstić information content (AvgIpc) is 0.903. The number of allylic oxidation sites excluding steroid dienone is 20. The standard InChI is InChI=1S/C93H164O16P2/c1-4-7-10-13-16-19-22-25-27-29-31-33-35-37-39-40-41-42-43-44-45-46-48-50-51-53-55-57-59-62-64-67-70-73-76-79-91(96)103-82-88(94)83-105-110(99,100)106-84-89(95)85-107-111(101,102)108-87-90(109-93(98)81-78-75-72-69-66-61-24-21-18-15-12-9-6-3)86-104-92(97)80-77-74-71-68-65-63-60-58-56-54-52-49-47-38-36-34-32-30-28-26-23-20-17-14-11-8-5-2/h7,10,16-17,19-21,24-28,31-34,37-39,47,88-90,94-95H,4-6,8-9,11-15,18,22-23,29-30,35-36,40-46,48-87H2,1-3H3,(H,99,100)(H,101,102)/b10-7-,19-16-,20-17-,24-21-,27-25-,28-26-,33-31-,34-32-,39-37-,47-38-. The quantitative estimate of drug-likeness (QED) is 0.0146. The number of carbonyl (C=O) groups is 3. The SMILES string of the molecule is CC/C=C\C/C=C\C/C=C\C/C=C\C/C=C\CCCCCCCCCCCCCCCCCCCCCC(=O)OCC(O)COP(=O)(O)OCC(O)COP(=O)(O)OCC(COC(=O)CCCCCCCCCCCCC/C=C\C/C=C\C/C=C\C/C=C\CCCCC)OC(=O)CCCCCCC/C=C\CCCCCC. The summed E-state index contributed by atoms with van der Waals surface area (Å²) in [5.41, 5.74) is 0. The van der Waals surface area contributed by atoms with Gasteiger partial charge in [0.1, 0.15) is 25.4 Å². The number of unbranched alkanes of at least 4 members (excludes halogenated alkanes) is 42. The van der Waals surface area contributed by atoms with E-state index in [0.717, 1.165) is 141 Å². The van der Waals surface area contributed by atoms with E-state index in [0.29, 0.717) is 19.3 Å². The molecule has 0 heterocycles. The number of carbonyl (C=O) groups excluding carboxylic acids is 3. The van der Waals surface area contributed by atoms with Crippen LogP contribution in [0.4, 0.5) is 0 Å². The third-order valence-electron chi connectivity index (χ3n) is 19.1. The molecule has 111 heavy (non-hydrogen) atoms. The van der Waals surface area contributed by atoms with E-state index in [1.165, 1.54) is 193 Å². The molecule has 16 nitrogen and oxygen atoms in total. The van der Waals surface area contributed by atoms with Crippen molar-refractivity contribution in [3.8, 4) is 0 Å². The highest BCUT2D eigenvalue weighted by Crippen LogP contribution is 2.45. The van der Waals surface area contributed by atoms with Crippen LogP contribution in [0, 0.1) is 0 Å². The third kappa shape index (κ3) is 86.6. The maximum absolute atomic E-state index is 13.0. The Labute approximate surface area is 678 Å². The van der Waals surface area contributed by atoms with E-state index < -0.39 is 91.5 Å². The number of hydrogen-bond donors (Lipinski definition) is 4. The van der Waals surface area contributed by atoms with Crippen LogP contribution in [0.15, 0.2) is 122 Å². The van der Waals surface area contributed by atoms with Gasteiger partial charge in [0, 0.05) is 19.3 Å². The summed E-state index contributed by atoms with van der Waals surface area (Å²) in [6.45, 7) is 2.56. The van der Waals surface area contributed by atoms with Gasteiger partial charge in [0.05, 0.1) is 26.4 Å². The first-order valence-electron chi connectivity index (χ1n) is 44.8. The number of esters is 3. The van der Waals surface area contributed by atoms with Crippen LogP contribution in [0.1, 0.15) is 393 Å². The van der Waals surface area contributed by atoms with E-state index >= 15 is 0 Å². The molecule has 0 amide bonds. The van der Waals surface area contributed by atoms with Gasteiger partial charge < -0.3 is 34.2 Å². The van der Waals surface area contributed by atoms with E-state index in [4.69, 9.17) is 32.3 Å². The Hall–Kier alpha value is -4.05. The van der Waals surface area contributed by atoms with Crippen molar-refractivity contribution in [3.05, 3.63) is 122 Å². The molecule has 0 aliphatic rings. The van der Waals surface area contributed by atoms with Crippen molar-refractivity contribution in [3.63, 3.8) is 0 Å². The summed E-state index contributed by atoms with van der Waals surface area (Å²) in [5.74, 6) is -1.57. The second-order valence-electron chi connectivity index (χ2n) is 30.0. The summed E-state index contributed by atoms with van der Waals surface area (Å²) in [6.07, 6.45) is 104. The van der Waals surface area contributed by atoms with Gasteiger partial charge in [-0.1, -0.05) is 361 Å². The molecule has 0 radical (unpaired) electrons. The van der Waals surface area contributed by atoms with Crippen LogP contribution in [0.5, 0.6) is 0 Å². The molecule has 0 aromatic carbocycles. The first kappa shape index (κ1) is 107. The molecule has 0 aromatic heterocycles. The summed E-state index contributed by atoms with van der Waals surface area (Å²) < 4.78 is 61.3. The van der Waals surface area contributed by atoms with Crippen molar-refractivity contribution in [2.75, 3.05) is 39.6 Å². The Morgan fingerprint density at radius 3 is 0.784 bits per heavy atom. The fourth-order valence-corrected chi connectivity index (χ4v) is 13.9. The summed E-state index contributed by atoms with van der Waals surface area (Å²) in [7, 11) is -9.79. The van der Waals surface area contributed by atoms with Crippen LogP contribution in [-0.4, -0.2) is 95.9 Å². The first-order chi connectivity index (χ1) is 54.2. The van der Waals surface area contributed by atoms with E-state index in [2.05, 4.69) is 142 Å². The molecule has 0 fully saturated rings. The first-order valence-corrected chi connectivity index (χ1v) is 47.8. The number of rotatable bonds is 85. The highest BCUT2D eigenvalue weighted by Gasteiger charge is 2.29. The Bertz CT molecular complexity index is 2500. The van der Waals surface area contributed by atoms with Gasteiger partial charge in [-0.25, -0.2) is 9.13 Å². The Balaban J connectivity index is 4.38. The fraction of sp³-hybridized carbons (Fsp3) is 0.753. The highest BCUT2D eigenvalue weighted by molar-refractivity contribution is 7.47. The van der Waals surface area contributed by atoms with Crippen molar-refractivity contribution in [2.45, 2.75) is 411 Å². The van der Waals surface area contributed by atoms with Crippen molar-refractivity contribution < 1.29 is 75.8 Å². The summed E-state index contributed by atoms with van der Waals surface area (Å²) in [6, 6.07) is 0. The summed E-state index contributed by atoms with van der Waals surface area (Å²) in [5, 5.41) is 20.7. The molecule has 0 aliphatic carbocycles. The van der Waals surface area contributed by atoms with E-state index in [-0.39, 0.29) is 19.3 Å². The molecule has 0 spiro atoms. The lowest BCUT2D eigenvalue weighted by atomic mass is 10.0. The number of phosphoric ester groups is 2. The molecule has 0 saturated heterocycles.